The molecule has 0 saturated carbocycles. The Bertz CT molecular complexity index is 287. The lowest BCUT2D eigenvalue weighted by Gasteiger charge is -2.22. The second kappa shape index (κ2) is 28.0. The number of hydrogen-bond acceptors (Lipinski definition) is 1. The highest BCUT2D eigenvalue weighted by molar-refractivity contribution is 4.60. The summed E-state index contributed by atoms with van der Waals surface area (Å²) in [6.45, 7) is 11.0. The molecule has 0 rings (SSSR count). The van der Waals surface area contributed by atoms with Crippen molar-refractivity contribution in [3.63, 3.8) is 0 Å². The summed E-state index contributed by atoms with van der Waals surface area (Å²) in [5.74, 6) is 0. The van der Waals surface area contributed by atoms with Crippen LogP contribution in [0.5, 0.6) is 0 Å². The lowest BCUT2D eigenvalue weighted by molar-refractivity contribution is 0.254. The van der Waals surface area contributed by atoms with Crippen LogP contribution in [0.1, 0.15) is 175 Å². The average molecular weight is 438 g/mol. The standard InChI is InChI=1S/C30H63N/c1-4-7-10-13-14-15-16-17-18-19-20-21-24-27-30-31(28-25-22-11-8-5-2)29-26-23-12-9-6-3/h4-30H2,1-3H3. The first-order valence-corrected chi connectivity index (χ1v) is 15.1. The molecule has 0 aliphatic rings. The van der Waals surface area contributed by atoms with Gasteiger partial charge in [0.05, 0.1) is 0 Å². The molecule has 0 amide bonds. The van der Waals surface area contributed by atoms with Crippen LogP contribution in [-0.4, -0.2) is 24.5 Å². The summed E-state index contributed by atoms with van der Waals surface area (Å²) in [6, 6.07) is 0. The largest absolute Gasteiger partial charge is 0.303 e. The molecule has 1 heteroatoms. The number of nitrogens with zero attached hydrogens (tertiary/aromatic N) is 1. The van der Waals surface area contributed by atoms with Crippen LogP contribution in [0.4, 0.5) is 0 Å². The molecule has 0 saturated heterocycles. The molecule has 1 nitrogen and oxygen atoms in total. The summed E-state index contributed by atoms with van der Waals surface area (Å²) in [5.41, 5.74) is 0. The Morgan fingerprint density at radius 2 is 0.452 bits per heavy atom. The molecule has 0 bridgehead atoms. The molecule has 0 heterocycles. The highest BCUT2D eigenvalue weighted by Crippen LogP contribution is 2.14. The van der Waals surface area contributed by atoms with Crippen molar-refractivity contribution in [2.24, 2.45) is 0 Å². The zero-order valence-corrected chi connectivity index (χ0v) is 22.5. The van der Waals surface area contributed by atoms with Crippen molar-refractivity contribution in [2.75, 3.05) is 19.6 Å². The van der Waals surface area contributed by atoms with E-state index >= 15 is 0 Å². The molecule has 0 radical (unpaired) electrons. The summed E-state index contributed by atoms with van der Waals surface area (Å²) in [7, 11) is 0. The predicted molar refractivity (Wildman–Crippen MR) is 144 cm³/mol. The summed E-state index contributed by atoms with van der Waals surface area (Å²) in [5, 5.41) is 0. The van der Waals surface area contributed by atoms with Crippen LogP contribution >= 0.6 is 0 Å². The van der Waals surface area contributed by atoms with Gasteiger partial charge in [0.2, 0.25) is 0 Å². The fourth-order valence-electron chi connectivity index (χ4n) is 4.74. The zero-order chi connectivity index (χ0) is 22.7. The Labute approximate surface area is 199 Å². The third kappa shape index (κ3) is 26.1. The molecule has 0 aromatic rings. The summed E-state index contributed by atoms with van der Waals surface area (Å²) >= 11 is 0. The van der Waals surface area contributed by atoms with Gasteiger partial charge in [0.1, 0.15) is 0 Å². The smallest absolute Gasteiger partial charge is 0.00187 e. The van der Waals surface area contributed by atoms with Crippen molar-refractivity contribution in [3.05, 3.63) is 0 Å². The van der Waals surface area contributed by atoms with Crippen molar-refractivity contribution in [1.82, 2.24) is 4.90 Å². The van der Waals surface area contributed by atoms with E-state index in [1.807, 2.05) is 0 Å². The molecule has 0 fully saturated rings. The third-order valence-electron chi connectivity index (χ3n) is 6.98. The molecule has 0 aliphatic carbocycles. The minimum absolute atomic E-state index is 1.36. The molecule has 0 spiro atoms. The summed E-state index contributed by atoms with van der Waals surface area (Å²) < 4.78 is 0. The summed E-state index contributed by atoms with van der Waals surface area (Å²) in [6.07, 6.45) is 34.7. The van der Waals surface area contributed by atoms with Crippen LogP contribution < -0.4 is 0 Å². The van der Waals surface area contributed by atoms with Gasteiger partial charge in [-0.25, -0.2) is 0 Å². The fourth-order valence-corrected chi connectivity index (χ4v) is 4.74. The van der Waals surface area contributed by atoms with E-state index < -0.39 is 0 Å². The van der Waals surface area contributed by atoms with Crippen LogP contribution in [0.15, 0.2) is 0 Å². The Morgan fingerprint density at radius 3 is 0.677 bits per heavy atom. The first kappa shape index (κ1) is 31.0. The topological polar surface area (TPSA) is 3.24 Å². The first-order chi connectivity index (χ1) is 15.3. The normalized spacial score (nSPS) is 11.6. The maximum Gasteiger partial charge on any atom is -0.00187 e. The van der Waals surface area contributed by atoms with E-state index in [4.69, 9.17) is 0 Å². The van der Waals surface area contributed by atoms with E-state index in [9.17, 15) is 0 Å². The van der Waals surface area contributed by atoms with Gasteiger partial charge in [0, 0.05) is 0 Å². The van der Waals surface area contributed by atoms with E-state index in [1.165, 1.54) is 174 Å². The van der Waals surface area contributed by atoms with E-state index in [1.54, 1.807) is 0 Å². The molecule has 188 valence electrons. The maximum atomic E-state index is 2.80. The molecule has 0 aromatic carbocycles. The zero-order valence-electron chi connectivity index (χ0n) is 22.5. The van der Waals surface area contributed by atoms with Crippen LogP contribution in [0, 0.1) is 0 Å². The molecule has 31 heavy (non-hydrogen) atoms. The Balaban J connectivity index is 3.59. The SMILES string of the molecule is CCCCCCCCCCCCCCCCN(CCCCCCC)CCCCCCC. The van der Waals surface area contributed by atoms with Crippen molar-refractivity contribution >= 4 is 0 Å². The number of hydrogen-bond donors (Lipinski definition) is 0. The molecule has 0 unspecified atom stereocenters. The van der Waals surface area contributed by atoms with Gasteiger partial charge in [-0.3, -0.25) is 0 Å². The van der Waals surface area contributed by atoms with Gasteiger partial charge in [-0.05, 0) is 38.9 Å². The van der Waals surface area contributed by atoms with Crippen molar-refractivity contribution in [1.29, 1.82) is 0 Å². The van der Waals surface area contributed by atoms with Gasteiger partial charge >= 0.3 is 0 Å². The second-order valence-corrected chi connectivity index (χ2v) is 10.3. The van der Waals surface area contributed by atoms with E-state index in [0.717, 1.165) is 0 Å². The fraction of sp³-hybridized carbons (Fsp3) is 1.00. The number of unbranched alkanes of at least 4 members (excludes halogenated alkanes) is 21. The number of rotatable bonds is 27. The minimum atomic E-state index is 1.36. The molecule has 0 atom stereocenters. The van der Waals surface area contributed by atoms with Gasteiger partial charge in [0.15, 0.2) is 0 Å². The molecule has 0 aliphatic heterocycles. The van der Waals surface area contributed by atoms with Crippen LogP contribution in [-0.2, 0) is 0 Å². The van der Waals surface area contributed by atoms with Crippen LogP contribution in [0.25, 0.3) is 0 Å². The lowest BCUT2D eigenvalue weighted by atomic mass is 10.0. The summed E-state index contributed by atoms with van der Waals surface area (Å²) in [4.78, 5) is 2.80. The van der Waals surface area contributed by atoms with Gasteiger partial charge in [-0.2, -0.15) is 0 Å². The Hall–Kier alpha value is -0.0400. The molecule has 0 N–H and O–H groups in total. The van der Waals surface area contributed by atoms with Gasteiger partial charge < -0.3 is 4.90 Å². The van der Waals surface area contributed by atoms with Crippen LogP contribution in [0.3, 0.4) is 0 Å². The Kier molecular flexibility index (Phi) is 28.0. The lowest BCUT2D eigenvalue weighted by Crippen LogP contribution is -2.27. The molecular formula is C30H63N. The third-order valence-corrected chi connectivity index (χ3v) is 6.98. The average Bonchev–Trinajstić information content (AvgIpc) is 2.78. The maximum absolute atomic E-state index is 2.80. The second-order valence-electron chi connectivity index (χ2n) is 10.3. The van der Waals surface area contributed by atoms with Crippen molar-refractivity contribution < 1.29 is 0 Å². The highest BCUT2D eigenvalue weighted by atomic mass is 15.1. The Morgan fingerprint density at radius 1 is 0.258 bits per heavy atom. The first-order valence-electron chi connectivity index (χ1n) is 15.1. The van der Waals surface area contributed by atoms with Crippen molar-refractivity contribution in [3.8, 4) is 0 Å². The monoisotopic (exact) mass is 437 g/mol. The van der Waals surface area contributed by atoms with Crippen molar-refractivity contribution in [2.45, 2.75) is 175 Å². The quantitative estimate of drug-likeness (QED) is 0.115. The molecular weight excluding hydrogens is 374 g/mol. The highest BCUT2D eigenvalue weighted by Gasteiger charge is 2.05. The van der Waals surface area contributed by atoms with Crippen LogP contribution in [0.2, 0.25) is 0 Å². The van der Waals surface area contributed by atoms with Gasteiger partial charge in [0.25, 0.3) is 0 Å². The minimum Gasteiger partial charge on any atom is -0.303 e. The van der Waals surface area contributed by atoms with Gasteiger partial charge in [-0.15, -0.1) is 0 Å². The predicted octanol–water partition coefficient (Wildman–Crippen LogP) is 10.7. The van der Waals surface area contributed by atoms with E-state index in [0.29, 0.717) is 0 Å². The van der Waals surface area contributed by atoms with E-state index in [2.05, 4.69) is 25.7 Å². The van der Waals surface area contributed by atoms with Gasteiger partial charge in [-0.1, -0.05) is 156 Å². The van der Waals surface area contributed by atoms with E-state index in [-0.39, 0.29) is 0 Å². The molecule has 0 aromatic heterocycles.